The second-order valence-corrected chi connectivity index (χ2v) is 6.27. The van der Waals surface area contributed by atoms with Crippen LogP contribution in [0.4, 0.5) is 0 Å². The first-order chi connectivity index (χ1) is 9.89. The minimum atomic E-state index is -4.15. The molecule has 0 spiro atoms. The highest BCUT2D eigenvalue weighted by atomic mass is 32.2. The van der Waals surface area contributed by atoms with Crippen LogP contribution in [0.3, 0.4) is 0 Å². The maximum Gasteiger partial charge on any atom is 0.340 e. The monoisotopic (exact) mass is 317 g/mol. The topological polar surface area (TPSA) is 130 Å². The standard InChI is InChI=1S/C11H15N3O6S/c1-2-20-11(17)8-4-3-5-14(8)21(18,19)9-7(10(15)16)6-12-13-9/h6,8H,2-5H2,1H3,(H,12,13)(H,15,16). The lowest BCUT2D eigenvalue weighted by Gasteiger charge is -2.21. The molecule has 0 aliphatic carbocycles. The fraction of sp³-hybridized carbons (Fsp3) is 0.545. The average Bonchev–Trinajstić information content (AvgIpc) is 3.08. The number of aromatic amines is 1. The van der Waals surface area contributed by atoms with Crippen LogP contribution in [0.15, 0.2) is 11.2 Å². The molecule has 0 amide bonds. The molecule has 1 unspecified atom stereocenters. The number of carboxylic acids is 1. The van der Waals surface area contributed by atoms with Gasteiger partial charge in [0.2, 0.25) is 0 Å². The van der Waals surface area contributed by atoms with Gasteiger partial charge in [0.05, 0.1) is 12.8 Å². The highest BCUT2D eigenvalue weighted by Gasteiger charge is 2.42. The van der Waals surface area contributed by atoms with Gasteiger partial charge in [0.15, 0.2) is 5.03 Å². The molecule has 10 heteroatoms. The highest BCUT2D eigenvalue weighted by molar-refractivity contribution is 7.89. The summed E-state index contributed by atoms with van der Waals surface area (Å²) in [6, 6.07) is -0.931. The number of carbonyl (C=O) groups is 2. The number of aromatic nitrogens is 2. The lowest BCUT2D eigenvalue weighted by Crippen LogP contribution is -2.41. The quantitative estimate of drug-likeness (QED) is 0.721. The fourth-order valence-electron chi connectivity index (χ4n) is 2.24. The molecule has 1 atom stereocenters. The van der Waals surface area contributed by atoms with E-state index in [1.165, 1.54) is 0 Å². The molecule has 1 aliphatic rings. The Morgan fingerprint density at radius 2 is 2.29 bits per heavy atom. The van der Waals surface area contributed by atoms with E-state index < -0.39 is 38.6 Å². The summed E-state index contributed by atoms with van der Waals surface area (Å²) in [5.41, 5.74) is -0.454. The SMILES string of the molecule is CCOC(=O)C1CCCN1S(=O)(=O)c1[nH]ncc1C(=O)O. The van der Waals surface area contributed by atoms with Gasteiger partial charge in [-0.25, -0.2) is 13.2 Å². The van der Waals surface area contributed by atoms with Gasteiger partial charge in [-0.3, -0.25) is 9.89 Å². The first-order valence-corrected chi connectivity index (χ1v) is 7.78. The maximum absolute atomic E-state index is 12.5. The molecule has 0 aromatic carbocycles. The Labute approximate surface area is 120 Å². The third kappa shape index (κ3) is 2.76. The summed E-state index contributed by atoms with van der Waals surface area (Å²) < 4.78 is 30.9. The third-order valence-electron chi connectivity index (χ3n) is 3.16. The third-order valence-corrected chi connectivity index (χ3v) is 5.05. The number of nitrogens with zero attached hydrogens (tertiary/aromatic N) is 2. The molecule has 9 nitrogen and oxygen atoms in total. The fourth-order valence-corrected chi connectivity index (χ4v) is 3.96. The molecule has 1 fully saturated rings. The number of H-pyrrole nitrogens is 1. The van der Waals surface area contributed by atoms with E-state index in [0.29, 0.717) is 12.8 Å². The largest absolute Gasteiger partial charge is 0.478 e. The number of nitrogens with one attached hydrogen (secondary N) is 1. The van der Waals surface area contributed by atoms with Crippen LogP contribution >= 0.6 is 0 Å². The zero-order valence-electron chi connectivity index (χ0n) is 11.3. The van der Waals surface area contributed by atoms with Crippen LogP contribution in [-0.4, -0.2) is 59.2 Å². The lowest BCUT2D eigenvalue weighted by molar-refractivity contribution is -0.146. The molecule has 2 heterocycles. The van der Waals surface area contributed by atoms with E-state index in [1.807, 2.05) is 0 Å². The van der Waals surface area contributed by atoms with Gasteiger partial charge in [-0.1, -0.05) is 0 Å². The van der Waals surface area contributed by atoms with Crippen molar-refractivity contribution in [2.75, 3.05) is 13.2 Å². The average molecular weight is 317 g/mol. The van der Waals surface area contributed by atoms with Crippen LogP contribution in [0.2, 0.25) is 0 Å². The van der Waals surface area contributed by atoms with Crippen molar-refractivity contribution in [3.63, 3.8) is 0 Å². The van der Waals surface area contributed by atoms with Crippen molar-refractivity contribution < 1.29 is 27.9 Å². The van der Waals surface area contributed by atoms with Gasteiger partial charge < -0.3 is 9.84 Å². The van der Waals surface area contributed by atoms with Crippen LogP contribution in [0.5, 0.6) is 0 Å². The summed E-state index contributed by atoms with van der Waals surface area (Å²) in [4.78, 5) is 22.8. The minimum absolute atomic E-state index is 0.129. The van der Waals surface area contributed by atoms with E-state index >= 15 is 0 Å². The Kier molecular flexibility index (Phi) is 4.28. The molecule has 0 saturated carbocycles. The Morgan fingerprint density at radius 1 is 1.57 bits per heavy atom. The molecule has 0 bridgehead atoms. The van der Waals surface area contributed by atoms with Gasteiger partial charge in [0, 0.05) is 6.54 Å². The van der Waals surface area contributed by atoms with Crippen molar-refractivity contribution >= 4 is 22.0 Å². The Balaban J connectivity index is 2.36. The number of aromatic carboxylic acids is 1. The van der Waals surface area contributed by atoms with E-state index in [9.17, 15) is 18.0 Å². The van der Waals surface area contributed by atoms with Gasteiger partial charge in [-0.15, -0.1) is 0 Å². The summed E-state index contributed by atoms with van der Waals surface area (Å²) >= 11 is 0. The van der Waals surface area contributed by atoms with Crippen molar-refractivity contribution in [2.24, 2.45) is 0 Å². The number of esters is 1. The van der Waals surface area contributed by atoms with Gasteiger partial charge in [-0.05, 0) is 19.8 Å². The Hall–Kier alpha value is -1.94. The molecule has 1 aromatic rings. The van der Waals surface area contributed by atoms with Crippen molar-refractivity contribution in [3.8, 4) is 0 Å². The van der Waals surface area contributed by atoms with E-state index in [1.54, 1.807) is 6.92 Å². The van der Waals surface area contributed by atoms with Crippen LogP contribution in [-0.2, 0) is 19.6 Å². The van der Waals surface area contributed by atoms with Gasteiger partial charge in [0.1, 0.15) is 11.6 Å². The number of hydrogen-bond donors (Lipinski definition) is 2. The molecule has 1 aromatic heterocycles. The summed E-state index contributed by atoms with van der Waals surface area (Å²) in [6.07, 6.45) is 1.76. The minimum Gasteiger partial charge on any atom is -0.478 e. The van der Waals surface area contributed by atoms with Gasteiger partial charge >= 0.3 is 11.9 Å². The molecular formula is C11H15N3O6S. The highest BCUT2D eigenvalue weighted by Crippen LogP contribution is 2.27. The molecular weight excluding hydrogens is 302 g/mol. The first-order valence-electron chi connectivity index (χ1n) is 6.34. The summed E-state index contributed by atoms with van der Waals surface area (Å²) in [5, 5.41) is 14.1. The maximum atomic E-state index is 12.5. The van der Waals surface area contributed by atoms with E-state index in [-0.39, 0.29) is 13.2 Å². The van der Waals surface area contributed by atoms with Crippen LogP contribution in [0.25, 0.3) is 0 Å². The van der Waals surface area contributed by atoms with E-state index in [0.717, 1.165) is 10.5 Å². The van der Waals surface area contributed by atoms with E-state index in [4.69, 9.17) is 9.84 Å². The number of sulfonamides is 1. The first kappa shape index (κ1) is 15.4. The van der Waals surface area contributed by atoms with Crippen LogP contribution in [0, 0.1) is 0 Å². The Bertz CT molecular complexity index is 653. The number of carbonyl (C=O) groups excluding carboxylic acids is 1. The number of ether oxygens (including phenoxy) is 1. The molecule has 1 aliphatic heterocycles. The lowest BCUT2D eigenvalue weighted by atomic mass is 10.2. The molecule has 1 saturated heterocycles. The van der Waals surface area contributed by atoms with Crippen molar-refractivity contribution in [2.45, 2.75) is 30.8 Å². The van der Waals surface area contributed by atoms with Gasteiger partial charge in [0.25, 0.3) is 10.0 Å². The number of rotatable bonds is 5. The summed E-state index contributed by atoms with van der Waals surface area (Å²) in [7, 11) is -4.15. The van der Waals surface area contributed by atoms with Crippen molar-refractivity contribution in [3.05, 3.63) is 11.8 Å². The summed E-state index contributed by atoms with van der Waals surface area (Å²) in [6.45, 7) is 1.90. The molecule has 2 rings (SSSR count). The van der Waals surface area contributed by atoms with Crippen LogP contribution in [0.1, 0.15) is 30.1 Å². The van der Waals surface area contributed by atoms with Crippen molar-refractivity contribution in [1.82, 2.24) is 14.5 Å². The zero-order chi connectivity index (χ0) is 15.6. The summed E-state index contributed by atoms with van der Waals surface area (Å²) in [5.74, 6) is -2.04. The second-order valence-electron chi connectivity index (χ2n) is 4.44. The Morgan fingerprint density at radius 3 is 2.90 bits per heavy atom. The molecule has 0 radical (unpaired) electrons. The number of carboxylic acid groups (broad SMARTS) is 1. The second kappa shape index (κ2) is 5.82. The molecule has 21 heavy (non-hydrogen) atoms. The zero-order valence-corrected chi connectivity index (χ0v) is 12.1. The van der Waals surface area contributed by atoms with Crippen LogP contribution < -0.4 is 0 Å². The predicted octanol–water partition coefficient (Wildman–Crippen LogP) is -0.176. The molecule has 116 valence electrons. The van der Waals surface area contributed by atoms with E-state index in [2.05, 4.69) is 10.2 Å². The normalized spacial score (nSPS) is 19.6. The predicted molar refractivity (Wildman–Crippen MR) is 69.1 cm³/mol. The van der Waals surface area contributed by atoms with Gasteiger partial charge in [-0.2, -0.15) is 9.40 Å². The molecule has 2 N–H and O–H groups in total. The van der Waals surface area contributed by atoms with Crippen molar-refractivity contribution in [1.29, 1.82) is 0 Å². The smallest absolute Gasteiger partial charge is 0.340 e. The number of hydrogen-bond acceptors (Lipinski definition) is 6.